The number of aryl methyl sites for hydroxylation is 2. The SMILES string of the molecule is CCOC(=O)c1ccc(CN(c2ccc(Cl)cc2)S(=O)(=O)c2ccc3c(c2)n(C)c(=O)n3C)o1. The van der Waals surface area contributed by atoms with Crippen LogP contribution in [-0.4, -0.2) is 30.1 Å². The van der Waals surface area contributed by atoms with Crippen LogP contribution in [0.2, 0.25) is 5.02 Å². The Bertz CT molecular complexity index is 1530. The van der Waals surface area contributed by atoms with Gasteiger partial charge < -0.3 is 9.15 Å². The number of ether oxygens (including phenoxy) is 1. The lowest BCUT2D eigenvalue weighted by molar-refractivity contribution is 0.0488. The average Bonchev–Trinajstić information content (AvgIpc) is 3.37. The van der Waals surface area contributed by atoms with Gasteiger partial charge in [0.05, 0.1) is 34.8 Å². The van der Waals surface area contributed by atoms with Crippen LogP contribution < -0.4 is 9.99 Å². The maximum absolute atomic E-state index is 13.8. The standard InChI is InChI=1S/C23H22ClN3O6S/c1-4-32-22(28)21-12-9-17(33-21)14-27(16-7-5-15(24)6-8-16)34(30,31)18-10-11-19-20(13-18)26(3)23(29)25(19)2/h5-13H,4,14H2,1-3H3. The number of fused-ring (bicyclic) bond motifs is 1. The highest BCUT2D eigenvalue weighted by molar-refractivity contribution is 7.92. The molecule has 0 unspecified atom stereocenters. The maximum atomic E-state index is 13.8. The van der Waals surface area contributed by atoms with Crippen LogP contribution in [0.5, 0.6) is 0 Å². The zero-order chi connectivity index (χ0) is 24.6. The van der Waals surface area contributed by atoms with Crippen LogP contribution in [0.1, 0.15) is 23.2 Å². The molecule has 2 heterocycles. The number of esters is 1. The number of sulfonamides is 1. The first kappa shape index (κ1) is 23.7. The first-order valence-corrected chi connectivity index (χ1v) is 12.1. The van der Waals surface area contributed by atoms with E-state index in [1.165, 1.54) is 33.4 Å². The summed E-state index contributed by atoms with van der Waals surface area (Å²) in [5, 5.41) is 0.449. The lowest BCUT2D eigenvalue weighted by Gasteiger charge is -2.24. The molecule has 178 valence electrons. The highest BCUT2D eigenvalue weighted by atomic mass is 35.5. The van der Waals surface area contributed by atoms with Gasteiger partial charge in [-0.3, -0.25) is 13.4 Å². The number of hydrogen-bond acceptors (Lipinski definition) is 6. The molecule has 34 heavy (non-hydrogen) atoms. The van der Waals surface area contributed by atoms with E-state index < -0.39 is 16.0 Å². The number of carbonyl (C=O) groups excluding carboxylic acids is 1. The number of rotatable bonds is 7. The molecule has 0 spiro atoms. The van der Waals surface area contributed by atoms with Crippen molar-refractivity contribution in [1.29, 1.82) is 0 Å². The zero-order valence-corrected chi connectivity index (χ0v) is 20.3. The van der Waals surface area contributed by atoms with Gasteiger partial charge in [0.25, 0.3) is 10.0 Å². The molecular formula is C23H22ClN3O6S. The van der Waals surface area contributed by atoms with E-state index in [9.17, 15) is 18.0 Å². The Morgan fingerprint density at radius 2 is 1.71 bits per heavy atom. The fourth-order valence-corrected chi connectivity index (χ4v) is 5.19. The largest absolute Gasteiger partial charge is 0.460 e. The van der Waals surface area contributed by atoms with Crippen molar-refractivity contribution in [2.45, 2.75) is 18.4 Å². The summed E-state index contributed by atoms with van der Waals surface area (Å²) in [6, 6.07) is 13.8. The molecule has 4 rings (SSSR count). The second-order valence-electron chi connectivity index (χ2n) is 7.53. The van der Waals surface area contributed by atoms with E-state index in [0.717, 1.165) is 4.31 Å². The Morgan fingerprint density at radius 1 is 1.03 bits per heavy atom. The predicted octanol–water partition coefficient (Wildman–Crippen LogP) is 3.70. The molecule has 0 amide bonds. The lowest BCUT2D eigenvalue weighted by Crippen LogP contribution is -2.30. The molecule has 9 nitrogen and oxygen atoms in total. The van der Waals surface area contributed by atoms with Gasteiger partial charge in [-0.15, -0.1) is 0 Å². The van der Waals surface area contributed by atoms with Crippen molar-refractivity contribution < 1.29 is 22.4 Å². The van der Waals surface area contributed by atoms with E-state index in [2.05, 4.69) is 0 Å². The smallest absolute Gasteiger partial charge is 0.374 e. The minimum absolute atomic E-state index is 0.00618. The highest BCUT2D eigenvalue weighted by Gasteiger charge is 2.28. The summed E-state index contributed by atoms with van der Waals surface area (Å²) in [5.41, 5.74) is 1.17. The van der Waals surface area contributed by atoms with Gasteiger partial charge in [0, 0.05) is 19.1 Å². The van der Waals surface area contributed by atoms with Gasteiger partial charge in [0.2, 0.25) is 5.76 Å². The molecule has 0 aliphatic rings. The Labute approximate surface area is 200 Å². The van der Waals surface area contributed by atoms with Gasteiger partial charge in [-0.05, 0) is 61.5 Å². The number of imidazole rings is 1. The Kier molecular flexibility index (Phi) is 6.28. The second kappa shape index (κ2) is 9.03. The Morgan fingerprint density at radius 3 is 2.38 bits per heavy atom. The second-order valence-corrected chi connectivity index (χ2v) is 9.82. The first-order chi connectivity index (χ1) is 16.1. The van der Waals surface area contributed by atoms with Crippen molar-refractivity contribution in [2.24, 2.45) is 14.1 Å². The number of hydrogen-bond donors (Lipinski definition) is 0. The van der Waals surface area contributed by atoms with Crippen molar-refractivity contribution in [3.05, 3.63) is 81.6 Å². The monoisotopic (exact) mass is 503 g/mol. The molecule has 2 aromatic heterocycles. The van der Waals surface area contributed by atoms with E-state index in [0.29, 0.717) is 21.7 Å². The number of furan rings is 1. The van der Waals surface area contributed by atoms with Crippen molar-refractivity contribution in [3.8, 4) is 0 Å². The zero-order valence-electron chi connectivity index (χ0n) is 18.7. The molecule has 0 bridgehead atoms. The van der Waals surface area contributed by atoms with Crippen LogP contribution in [0.15, 0.2) is 68.7 Å². The number of anilines is 1. The van der Waals surface area contributed by atoms with Gasteiger partial charge in [0.1, 0.15) is 5.76 Å². The minimum atomic E-state index is -4.11. The molecule has 0 saturated carbocycles. The molecule has 0 fully saturated rings. The minimum Gasteiger partial charge on any atom is -0.460 e. The number of carbonyl (C=O) groups is 1. The average molecular weight is 504 g/mol. The fraction of sp³-hybridized carbons (Fsp3) is 0.217. The van der Waals surface area contributed by atoms with E-state index in [4.69, 9.17) is 20.8 Å². The van der Waals surface area contributed by atoms with Crippen LogP contribution >= 0.6 is 11.6 Å². The number of halogens is 1. The Balaban J connectivity index is 1.79. The summed E-state index contributed by atoms with van der Waals surface area (Å²) in [4.78, 5) is 24.2. The van der Waals surface area contributed by atoms with Gasteiger partial charge in [-0.2, -0.15) is 0 Å². The van der Waals surface area contributed by atoms with E-state index in [-0.39, 0.29) is 35.3 Å². The summed E-state index contributed by atoms with van der Waals surface area (Å²) in [5.74, 6) is -0.411. The summed E-state index contributed by atoms with van der Waals surface area (Å²) < 4.78 is 42.0. The normalized spacial score (nSPS) is 11.6. The summed E-state index contributed by atoms with van der Waals surface area (Å²) in [6.45, 7) is 1.68. The van der Waals surface area contributed by atoms with Gasteiger partial charge in [-0.1, -0.05) is 11.6 Å². The fourth-order valence-electron chi connectivity index (χ4n) is 3.61. The molecular weight excluding hydrogens is 482 g/mol. The van der Waals surface area contributed by atoms with E-state index in [1.807, 2.05) is 0 Å². The molecule has 0 radical (unpaired) electrons. The van der Waals surface area contributed by atoms with Gasteiger partial charge in [-0.25, -0.2) is 18.0 Å². The number of nitrogens with zero attached hydrogens (tertiary/aromatic N) is 3. The Hall–Kier alpha value is -3.50. The topological polar surface area (TPSA) is 104 Å². The van der Waals surface area contributed by atoms with Gasteiger partial charge in [0.15, 0.2) is 0 Å². The summed E-state index contributed by atoms with van der Waals surface area (Å²) >= 11 is 6.00. The van der Waals surface area contributed by atoms with Crippen LogP contribution in [0.25, 0.3) is 11.0 Å². The molecule has 4 aromatic rings. The van der Waals surface area contributed by atoms with Crippen molar-refractivity contribution in [3.63, 3.8) is 0 Å². The van der Waals surface area contributed by atoms with E-state index in [1.54, 1.807) is 51.4 Å². The summed E-state index contributed by atoms with van der Waals surface area (Å²) in [7, 11) is -0.906. The van der Waals surface area contributed by atoms with Crippen molar-refractivity contribution in [2.75, 3.05) is 10.9 Å². The predicted molar refractivity (Wildman–Crippen MR) is 128 cm³/mol. The number of benzene rings is 2. The lowest BCUT2D eigenvalue weighted by atomic mass is 10.3. The molecule has 0 saturated heterocycles. The third-order valence-corrected chi connectivity index (χ3v) is 7.41. The van der Waals surface area contributed by atoms with Crippen molar-refractivity contribution in [1.82, 2.24) is 9.13 Å². The maximum Gasteiger partial charge on any atom is 0.374 e. The van der Waals surface area contributed by atoms with Crippen molar-refractivity contribution >= 4 is 44.3 Å². The van der Waals surface area contributed by atoms with Gasteiger partial charge >= 0.3 is 11.7 Å². The molecule has 0 aliphatic heterocycles. The third-order valence-electron chi connectivity index (χ3n) is 5.38. The van der Waals surface area contributed by atoms with E-state index >= 15 is 0 Å². The number of aromatic nitrogens is 2. The molecule has 0 aliphatic carbocycles. The van der Waals surface area contributed by atoms with Crippen LogP contribution in [0.4, 0.5) is 5.69 Å². The highest BCUT2D eigenvalue weighted by Crippen LogP contribution is 2.29. The van der Waals surface area contributed by atoms with Crippen LogP contribution in [-0.2, 0) is 35.4 Å². The molecule has 0 atom stereocenters. The van der Waals surface area contributed by atoms with Crippen LogP contribution in [0, 0.1) is 0 Å². The molecule has 0 N–H and O–H groups in total. The third kappa shape index (κ3) is 4.22. The summed E-state index contributed by atoms with van der Waals surface area (Å²) in [6.07, 6.45) is 0. The van der Waals surface area contributed by atoms with Crippen LogP contribution in [0.3, 0.4) is 0 Å². The molecule has 11 heteroatoms. The quantitative estimate of drug-likeness (QED) is 0.356. The molecule has 2 aromatic carbocycles. The first-order valence-electron chi connectivity index (χ1n) is 10.3.